The van der Waals surface area contributed by atoms with Crippen LogP contribution in [0.5, 0.6) is 5.75 Å². The lowest BCUT2D eigenvalue weighted by atomic mass is 9.66. The van der Waals surface area contributed by atoms with Gasteiger partial charge in [0, 0.05) is 33.4 Å². The molecule has 2 heterocycles. The van der Waals surface area contributed by atoms with Crippen LogP contribution in [0.25, 0.3) is 66.4 Å². The first-order valence-electron chi connectivity index (χ1n) is 22.2. The number of hydrogen-bond donors (Lipinski definition) is 0. The van der Waals surface area contributed by atoms with Crippen molar-refractivity contribution in [3.05, 3.63) is 265 Å². The number of allylic oxidation sites excluding steroid dienone is 4. The largest absolute Gasteiger partial charge is 0.457 e. The van der Waals surface area contributed by atoms with E-state index in [0.717, 1.165) is 89.5 Å². The summed E-state index contributed by atoms with van der Waals surface area (Å²) in [5.41, 5.74) is 18.6. The van der Waals surface area contributed by atoms with Crippen molar-refractivity contribution in [2.45, 2.75) is 12.3 Å². The molecule has 0 fully saturated rings. The molecule has 0 radical (unpaired) electrons. The molecule has 3 nitrogen and oxygen atoms in total. The predicted octanol–water partition coefficient (Wildman–Crippen LogP) is 16.8. The van der Waals surface area contributed by atoms with Crippen LogP contribution in [-0.4, -0.2) is 0 Å². The van der Waals surface area contributed by atoms with Crippen LogP contribution in [0, 0.1) is 0 Å². The molecule has 1 spiro atoms. The quantitative estimate of drug-likeness (QED) is 0.143. The highest BCUT2D eigenvalue weighted by Crippen LogP contribution is 2.61. The molecular formula is C62H43NO2. The zero-order valence-corrected chi connectivity index (χ0v) is 35.9. The molecular weight excluding hydrogens is 791 g/mol. The summed E-state index contributed by atoms with van der Waals surface area (Å²) in [5.74, 6) is 1.71. The van der Waals surface area contributed by atoms with Gasteiger partial charge in [0.15, 0.2) is 0 Å². The summed E-state index contributed by atoms with van der Waals surface area (Å²) in [4.78, 5) is 2.37. The van der Waals surface area contributed by atoms with E-state index in [2.05, 4.69) is 219 Å². The average molecular weight is 834 g/mol. The lowest BCUT2D eigenvalue weighted by Gasteiger charge is -2.39. The number of hydrogen-bond acceptors (Lipinski definition) is 3. The second-order valence-electron chi connectivity index (χ2n) is 16.9. The van der Waals surface area contributed by atoms with E-state index < -0.39 is 5.41 Å². The van der Waals surface area contributed by atoms with E-state index in [1.807, 2.05) is 24.3 Å². The van der Waals surface area contributed by atoms with Crippen LogP contribution in [0.1, 0.15) is 23.6 Å². The minimum absolute atomic E-state index is 0.546. The van der Waals surface area contributed by atoms with E-state index in [1.54, 1.807) is 6.08 Å². The van der Waals surface area contributed by atoms with E-state index in [4.69, 9.17) is 9.15 Å². The maximum atomic E-state index is 6.64. The van der Waals surface area contributed by atoms with Gasteiger partial charge in [0.05, 0.1) is 5.41 Å². The van der Waals surface area contributed by atoms with Gasteiger partial charge in [0.1, 0.15) is 22.7 Å². The van der Waals surface area contributed by atoms with Crippen molar-refractivity contribution in [2.24, 2.45) is 0 Å². The van der Waals surface area contributed by atoms with E-state index in [9.17, 15) is 0 Å². The van der Waals surface area contributed by atoms with Crippen molar-refractivity contribution >= 4 is 39.0 Å². The van der Waals surface area contributed by atoms with Gasteiger partial charge in [-0.3, -0.25) is 0 Å². The molecule has 1 unspecified atom stereocenters. The van der Waals surface area contributed by atoms with Crippen molar-refractivity contribution in [3.8, 4) is 50.3 Å². The summed E-state index contributed by atoms with van der Waals surface area (Å²) in [7, 11) is 0. The highest BCUT2D eigenvalue weighted by Gasteiger charge is 2.50. The van der Waals surface area contributed by atoms with E-state index >= 15 is 0 Å². The molecule has 9 aromatic carbocycles. The van der Waals surface area contributed by atoms with Gasteiger partial charge in [0.2, 0.25) is 0 Å². The third kappa shape index (κ3) is 6.19. The first-order chi connectivity index (χ1) is 32.1. The average Bonchev–Trinajstić information content (AvgIpc) is 3.88. The third-order valence-corrected chi connectivity index (χ3v) is 13.4. The number of anilines is 3. The summed E-state index contributed by atoms with van der Waals surface area (Å²) in [6.45, 7) is 6.18. The molecule has 0 amide bonds. The molecule has 1 aromatic heterocycles. The van der Waals surface area contributed by atoms with Crippen LogP contribution in [0.15, 0.2) is 253 Å². The Kier molecular flexibility index (Phi) is 9.10. The van der Waals surface area contributed by atoms with Crippen molar-refractivity contribution in [3.63, 3.8) is 0 Å². The number of furan rings is 1. The Labute approximate surface area is 379 Å². The summed E-state index contributed by atoms with van der Waals surface area (Å²) in [6.07, 6.45) is 5.80. The van der Waals surface area contributed by atoms with Gasteiger partial charge in [-0.2, -0.15) is 0 Å². The summed E-state index contributed by atoms with van der Waals surface area (Å²) in [5, 5.41) is 2.26. The predicted molar refractivity (Wildman–Crippen MR) is 269 cm³/mol. The van der Waals surface area contributed by atoms with E-state index in [-0.39, 0.29) is 0 Å². The number of fused-ring (bicyclic) bond motifs is 10. The Morgan fingerprint density at radius 1 is 0.446 bits per heavy atom. The van der Waals surface area contributed by atoms with Crippen molar-refractivity contribution in [2.75, 3.05) is 4.90 Å². The number of rotatable bonds is 8. The van der Waals surface area contributed by atoms with Crippen LogP contribution in [0.2, 0.25) is 0 Å². The molecule has 12 rings (SSSR count). The SMILES string of the molecule is C=C/C=C\C1=C(C)C2(c3ccccc3O1)c1ccccc1-c1ccc(-c3cccc(N(c4ccc(-c5ccc6c(c5)oc5ccccc56)cc4)c4cccc(-c5ccccc5)c4)c3)cc12. The molecule has 10 aromatic rings. The lowest BCUT2D eigenvalue weighted by molar-refractivity contribution is 0.399. The minimum Gasteiger partial charge on any atom is -0.457 e. The summed E-state index contributed by atoms with van der Waals surface area (Å²) < 4.78 is 12.9. The first kappa shape index (κ1) is 38.3. The Hall–Kier alpha value is -8.40. The van der Waals surface area contributed by atoms with Gasteiger partial charge in [-0.05, 0) is 141 Å². The Bertz CT molecular complexity index is 3550. The molecule has 0 N–H and O–H groups in total. The molecule has 1 aliphatic carbocycles. The monoisotopic (exact) mass is 833 g/mol. The van der Waals surface area contributed by atoms with E-state index in [0.29, 0.717) is 0 Å². The fraction of sp³-hybridized carbons (Fsp3) is 0.0323. The lowest BCUT2D eigenvalue weighted by Crippen LogP contribution is -2.33. The van der Waals surface area contributed by atoms with Crippen LogP contribution in [-0.2, 0) is 5.41 Å². The molecule has 0 bridgehead atoms. The molecule has 1 aliphatic heterocycles. The molecule has 2 aliphatic rings. The zero-order valence-electron chi connectivity index (χ0n) is 35.9. The highest BCUT2D eigenvalue weighted by atomic mass is 16.5. The molecule has 0 saturated carbocycles. The van der Waals surface area contributed by atoms with Gasteiger partial charge in [-0.1, -0.05) is 164 Å². The number of ether oxygens (including phenoxy) is 1. The van der Waals surface area contributed by atoms with Crippen molar-refractivity contribution < 1.29 is 9.15 Å². The highest BCUT2D eigenvalue weighted by molar-refractivity contribution is 6.06. The Morgan fingerprint density at radius 3 is 1.83 bits per heavy atom. The second kappa shape index (κ2) is 15.4. The molecule has 0 saturated heterocycles. The van der Waals surface area contributed by atoms with Crippen LogP contribution >= 0.6 is 0 Å². The normalized spacial score (nSPS) is 15.0. The Balaban J connectivity index is 0.990. The fourth-order valence-corrected chi connectivity index (χ4v) is 10.4. The van der Waals surface area contributed by atoms with Gasteiger partial charge in [-0.25, -0.2) is 0 Å². The summed E-state index contributed by atoms with van der Waals surface area (Å²) in [6, 6.07) is 76.4. The number of benzene rings is 9. The standard InChI is InChI=1S/C62H43NO2/c1-3-4-26-58-41(2)62(56-25-11-13-28-60(56)64-58)55-24-10-8-22-51(55)52-35-31-46(39-57(52)62)45-19-15-21-50(38-45)63(49-20-14-18-44(37-49)42-16-6-5-7-17-42)48-33-29-43(30-34-48)47-32-36-54-53-23-9-12-27-59(53)65-61(54)40-47/h3-40H,1H2,2H3/b26-4-. The van der Waals surface area contributed by atoms with Gasteiger partial charge >= 0.3 is 0 Å². The Morgan fingerprint density at radius 2 is 1.03 bits per heavy atom. The first-order valence-corrected chi connectivity index (χ1v) is 22.2. The summed E-state index contributed by atoms with van der Waals surface area (Å²) >= 11 is 0. The molecule has 1 atom stereocenters. The second-order valence-corrected chi connectivity index (χ2v) is 16.9. The fourth-order valence-electron chi connectivity index (χ4n) is 10.4. The smallest absolute Gasteiger partial charge is 0.136 e. The maximum absolute atomic E-state index is 6.64. The van der Waals surface area contributed by atoms with Crippen molar-refractivity contribution in [1.29, 1.82) is 0 Å². The molecule has 3 heteroatoms. The molecule has 308 valence electrons. The van der Waals surface area contributed by atoms with Crippen LogP contribution in [0.3, 0.4) is 0 Å². The zero-order chi connectivity index (χ0) is 43.5. The third-order valence-electron chi connectivity index (χ3n) is 13.4. The minimum atomic E-state index is -0.546. The van der Waals surface area contributed by atoms with Crippen molar-refractivity contribution in [1.82, 2.24) is 0 Å². The van der Waals surface area contributed by atoms with E-state index in [1.165, 1.54) is 27.8 Å². The van der Waals surface area contributed by atoms with Crippen LogP contribution in [0.4, 0.5) is 17.1 Å². The van der Waals surface area contributed by atoms with Crippen LogP contribution < -0.4 is 9.64 Å². The topological polar surface area (TPSA) is 25.6 Å². The number of nitrogens with zero attached hydrogens (tertiary/aromatic N) is 1. The van der Waals surface area contributed by atoms with Gasteiger partial charge in [0.25, 0.3) is 0 Å². The maximum Gasteiger partial charge on any atom is 0.136 e. The molecule has 65 heavy (non-hydrogen) atoms. The van der Waals surface area contributed by atoms with Gasteiger partial charge in [-0.15, -0.1) is 0 Å². The number of para-hydroxylation sites is 2. The van der Waals surface area contributed by atoms with Gasteiger partial charge < -0.3 is 14.1 Å².